The molecule has 1 amide bonds. The summed E-state index contributed by atoms with van der Waals surface area (Å²) in [5.41, 5.74) is 2.51. The summed E-state index contributed by atoms with van der Waals surface area (Å²) in [5.74, 6) is 2.10. The lowest BCUT2D eigenvalue weighted by molar-refractivity contribution is -0.123. The maximum Gasteiger partial charge on any atom is 0.277 e. The third kappa shape index (κ3) is 3.64. The van der Waals surface area contributed by atoms with E-state index in [1.165, 1.54) is 6.42 Å². The molecule has 3 unspecified atom stereocenters. The van der Waals surface area contributed by atoms with Crippen LogP contribution in [0.3, 0.4) is 0 Å². The molecule has 0 aromatic heterocycles. The number of hydrazone groups is 1. The molecule has 110 valence electrons. The van der Waals surface area contributed by atoms with Crippen molar-refractivity contribution in [3.8, 4) is 5.75 Å². The molecule has 1 fully saturated rings. The number of carbonyl (C=O) groups excluding carboxylic acids is 1. The summed E-state index contributed by atoms with van der Waals surface area (Å²) in [7, 11) is 0. The predicted molar refractivity (Wildman–Crippen MR) is 82.4 cm³/mol. The number of hydrogen-bond donors (Lipinski definition) is 1. The molecule has 0 aliphatic heterocycles. The highest BCUT2D eigenvalue weighted by molar-refractivity contribution is 6.30. The first-order valence-electron chi connectivity index (χ1n) is 7.09. The van der Waals surface area contributed by atoms with Gasteiger partial charge >= 0.3 is 0 Å². The number of allylic oxidation sites excluding steroid dienone is 2. The number of nitrogens with zero attached hydrogens (tertiary/aromatic N) is 1. The van der Waals surface area contributed by atoms with Crippen LogP contribution in [0, 0.1) is 17.8 Å². The molecular formula is C16H17ClN2O2. The van der Waals surface area contributed by atoms with Gasteiger partial charge in [-0.1, -0.05) is 23.8 Å². The van der Waals surface area contributed by atoms with E-state index in [2.05, 4.69) is 22.7 Å². The number of hydrogen-bond acceptors (Lipinski definition) is 3. The van der Waals surface area contributed by atoms with Gasteiger partial charge in [-0.05, 0) is 48.9 Å². The Kier molecular flexibility index (Phi) is 4.25. The Labute approximate surface area is 128 Å². The molecule has 1 aromatic rings. The summed E-state index contributed by atoms with van der Waals surface area (Å²) >= 11 is 5.77. The fourth-order valence-electron chi connectivity index (χ4n) is 2.91. The largest absolute Gasteiger partial charge is 0.484 e. The number of rotatable bonds is 5. The minimum absolute atomic E-state index is 0.0599. The second kappa shape index (κ2) is 6.31. The first kappa shape index (κ1) is 14.1. The number of ether oxygens (including phenoxy) is 1. The van der Waals surface area contributed by atoms with E-state index in [4.69, 9.17) is 16.3 Å². The van der Waals surface area contributed by atoms with E-state index in [1.807, 2.05) is 6.21 Å². The Hall–Kier alpha value is -1.81. The maximum atomic E-state index is 11.6. The third-order valence-electron chi connectivity index (χ3n) is 3.97. The number of halogens is 1. The molecule has 2 aliphatic carbocycles. The second-order valence-corrected chi connectivity index (χ2v) is 5.94. The molecule has 0 saturated heterocycles. The van der Waals surface area contributed by atoms with Crippen molar-refractivity contribution in [2.24, 2.45) is 22.9 Å². The molecule has 0 spiro atoms. The van der Waals surface area contributed by atoms with Crippen molar-refractivity contribution in [2.45, 2.75) is 12.8 Å². The van der Waals surface area contributed by atoms with Crippen LogP contribution < -0.4 is 10.2 Å². The zero-order valence-electron chi connectivity index (χ0n) is 11.5. The highest BCUT2D eigenvalue weighted by atomic mass is 35.5. The summed E-state index contributed by atoms with van der Waals surface area (Å²) < 4.78 is 5.34. The normalized spacial score (nSPS) is 26.4. The average molecular weight is 305 g/mol. The van der Waals surface area contributed by atoms with Crippen LogP contribution in [0.2, 0.25) is 5.02 Å². The van der Waals surface area contributed by atoms with E-state index in [0.717, 1.165) is 6.42 Å². The van der Waals surface area contributed by atoms with E-state index < -0.39 is 0 Å². The Morgan fingerprint density at radius 3 is 2.81 bits per heavy atom. The fourth-order valence-corrected chi connectivity index (χ4v) is 3.04. The number of amides is 1. The van der Waals surface area contributed by atoms with Crippen molar-refractivity contribution in [2.75, 3.05) is 6.61 Å². The average Bonchev–Trinajstić information content (AvgIpc) is 3.09. The van der Waals surface area contributed by atoms with Crippen molar-refractivity contribution in [3.63, 3.8) is 0 Å². The highest BCUT2D eigenvalue weighted by Crippen LogP contribution is 2.42. The lowest BCUT2D eigenvalue weighted by atomic mass is 9.95. The maximum absolute atomic E-state index is 11.6. The van der Waals surface area contributed by atoms with Crippen LogP contribution in [0.5, 0.6) is 5.75 Å². The molecule has 1 saturated carbocycles. The summed E-state index contributed by atoms with van der Waals surface area (Å²) in [4.78, 5) is 11.6. The monoisotopic (exact) mass is 304 g/mol. The molecule has 2 bridgehead atoms. The summed E-state index contributed by atoms with van der Waals surface area (Å²) in [6.45, 7) is -0.0599. The molecule has 0 heterocycles. The van der Waals surface area contributed by atoms with Gasteiger partial charge in [0.25, 0.3) is 5.91 Å². The van der Waals surface area contributed by atoms with Crippen molar-refractivity contribution in [1.29, 1.82) is 0 Å². The van der Waals surface area contributed by atoms with Gasteiger partial charge in [-0.15, -0.1) is 0 Å². The van der Waals surface area contributed by atoms with Crippen molar-refractivity contribution in [1.82, 2.24) is 5.43 Å². The summed E-state index contributed by atoms with van der Waals surface area (Å²) in [5, 5.41) is 4.67. The Morgan fingerprint density at radius 1 is 1.33 bits per heavy atom. The van der Waals surface area contributed by atoms with Crippen LogP contribution in [0.4, 0.5) is 0 Å². The SMILES string of the molecule is O=C(COc1ccc(Cl)cc1)NN=CC1CC2C=CC1C2. The van der Waals surface area contributed by atoms with Crippen LogP contribution in [0.15, 0.2) is 41.5 Å². The fraction of sp³-hybridized carbons (Fsp3) is 0.375. The van der Waals surface area contributed by atoms with Gasteiger partial charge < -0.3 is 4.74 Å². The lowest BCUT2D eigenvalue weighted by Crippen LogP contribution is -2.25. The first-order chi connectivity index (χ1) is 10.2. The van der Waals surface area contributed by atoms with Gasteiger partial charge in [0.05, 0.1) is 0 Å². The van der Waals surface area contributed by atoms with Crippen molar-refractivity contribution >= 4 is 23.7 Å². The van der Waals surface area contributed by atoms with Gasteiger partial charge in [0.2, 0.25) is 0 Å². The zero-order valence-corrected chi connectivity index (χ0v) is 12.3. The first-order valence-corrected chi connectivity index (χ1v) is 7.47. The summed E-state index contributed by atoms with van der Waals surface area (Å²) in [6.07, 6.45) is 8.77. The smallest absolute Gasteiger partial charge is 0.277 e. The molecule has 3 rings (SSSR count). The third-order valence-corrected chi connectivity index (χ3v) is 4.22. The molecule has 0 radical (unpaired) electrons. The molecule has 3 atom stereocenters. The minimum atomic E-state index is -0.264. The quantitative estimate of drug-likeness (QED) is 0.516. The van der Waals surface area contributed by atoms with Gasteiger partial charge in [-0.25, -0.2) is 5.43 Å². The van der Waals surface area contributed by atoms with Crippen LogP contribution >= 0.6 is 11.6 Å². The van der Waals surface area contributed by atoms with Gasteiger partial charge in [0.1, 0.15) is 5.75 Å². The van der Waals surface area contributed by atoms with Gasteiger partial charge in [0, 0.05) is 17.2 Å². The lowest BCUT2D eigenvalue weighted by Gasteiger charge is -2.12. The van der Waals surface area contributed by atoms with Gasteiger partial charge in [-0.3, -0.25) is 4.79 Å². The number of fused-ring (bicyclic) bond motifs is 2. The molecule has 4 nitrogen and oxygen atoms in total. The number of benzene rings is 1. The van der Waals surface area contributed by atoms with Crippen LogP contribution in [0.1, 0.15) is 12.8 Å². The summed E-state index contributed by atoms with van der Waals surface area (Å²) in [6, 6.07) is 6.88. The van der Waals surface area contributed by atoms with E-state index in [9.17, 15) is 4.79 Å². The molecule has 1 N–H and O–H groups in total. The number of carbonyl (C=O) groups is 1. The van der Waals surface area contributed by atoms with Gasteiger partial charge in [0.15, 0.2) is 6.61 Å². The van der Waals surface area contributed by atoms with Crippen molar-refractivity contribution in [3.05, 3.63) is 41.4 Å². The van der Waals surface area contributed by atoms with Crippen LogP contribution in [-0.4, -0.2) is 18.7 Å². The van der Waals surface area contributed by atoms with Crippen LogP contribution in [0.25, 0.3) is 0 Å². The predicted octanol–water partition coefficient (Wildman–Crippen LogP) is 3.03. The molecule has 2 aliphatic rings. The van der Waals surface area contributed by atoms with Gasteiger partial charge in [-0.2, -0.15) is 5.10 Å². The topological polar surface area (TPSA) is 50.7 Å². The van der Waals surface area contributed by atoms with E-state index in [1.54, 1.807) is 24.3 Å². The Bertz CT molecular complexity index is 568. The standard InChI is InChI=1S/C16H17ClN2O2/c17-14-3-5-15(6-4-14)21-10-16(20)19-18-9-13-8-11-1-2-12(13)7-11/h1-6,9,11-13H,7-8,10H2,(H,19,20). The molecule has 5 heteroatoms. The second-order valence-electron chi connectivity index (χ2n) is 5.50. The number of nitrogens with one attached hydrogen (secondary N) is 1. The highest BCUT2D eigenvalue weighted by Gasteiger charge is 2.34. The van der Waals surface area contributed by atoms with Crippen LogP contribution in [-0.2, 0) is 4.79 Å². The molecular weight excluding hydrogens is 288 g/mol. The minimum Gasteiger partial charge on any atom is -0.484 e. The molecule has 21 heavy (non-hydrogen) atoms. The Balaban J connectivity index is 1.40. The van der Waals surface area contributed by atoms with E-state index in [-0.39, 0.29) is 12.5 Å². The Morgan fingerprint density at radius 2 is 2.14 bits per heavy atom. The van der Waals surface area contributed by atoms with E-state index >= 15 is 0 Å². The van der Waals surface area contributed by atoms with E-state index in [0.29, 0.717) is 28.5 Å². The van der Waals surface area contributed by atoms with Crippen molar-refractivity contribution < 1.29 is 9.53 Å². The zero-order chi connectivity index (χ0) is 14.7. The molecule has 1 aromatic carbocycles.